The van der Waals surface area contributed by atoms with E-state index in [1.807, 2.05) is 6.07 Å². The van der Waals surface area contributed by atoms with Crippen molar-refractivity contribution in [2.45, 2.75) is 32.2 Å². The minimum atomic E-state index is 0.298. The largest absolute Gasteiger partial charge is 0.494 e. The molecular weight excluding hydrogens is 440 g/mol. The molecule has 2 aromatic rings. The van der Waals surface area contributed by atoms with Gasteiger partial charge in [0.25, 0.3) is 0 Å². The number of methoxy groups -OCH3 is 1. The predicted octanol–water partition coefficient (Wildman–Crippen LogP) is 4.25. The van der Waals surface area contributed by atoms with Gasteiger partial charge in [-0.15, -0.1) is 0 Å². The number of anilines is 4. The van der Waals surface area contributed by atoms with Crippen LogP contribution in [-0.4, -0.2) is 74.5 Å². The molecule has 8 nitrogen and oxygen atoms in total. The average Bonchev–Trinajstić information content (AvgIpc) is 2.85. The monoisotopic (exact) mass is 474 g/mol. The van der Waals surface area contributed by atoms with Gasteiger partial charge in [-0.05, 0) is 44.4 Å². The second-order valence-electron chi connectivity index (χ2n) is 8.80. The zero-order chi connectivity index (χ0) is 23.2. The number of piperazine rings is 1. The topological polar surface area (TPSA) is 74.8 Å². The van der Waals surface area contributed by atoms with Crippen LogP contribution in [0.4, 0.5) is 23.1 Å². The molecule has 1 aromatic carbocycles. The SMILES string of the molecule is CC[C@@H](Nc1nc(Nc2ccc(N3CCN(C)CC3)cc2OC)ncc1Cl)C1CCOCC1. The second kappa shape index (κ2) is 11.2. The van der Waals surface area contributed by atoms with Crippen LogP contribution in [0.3, 0.4) is 0 Å². The summed E-state index contributed by atoms with van der Waals surface area (Å²) in [5, 5.41) is 7.38. The third-order valence-corrected chi connectivity index (χ3v) is 6.92. The molecule has 2 aliphatic heterocycles. The standard InChI is InChI=1S/C24H35ClN6O2/c1-4-20(17-7-13-33-14-8-17)27-23-19(25)16-26-24(29-23)28-21-6-5-18(15-22(21)32-3)31-11-9-30(2)10-12-31/h5-6,15-17,20H,4,7-14H2,1-3H3,(H2,26,27,28,29)/t20-/m1/s1. The van der Waals surface area contributed by atoms with Gasteiger partial charge in [-0.3, -0.25) is 0 Å². The zero-order valence-corrected chi connectivity index (χ0v) is 20.6. The van der Waals surface area contributed by atoms with Gasteiger partial charge >= 0.3 is 0 Å². The summed E-state index contributed by atoms with van der Waals surface area (Å²) in [6.07, 6.45) is 4.74. The van der Waals surface area contributed by atoms with E-state index in [0.717, 1.165) is 75.8 Å². The molecule has 2 aliphatic rings. The Hall–Kier alpha value is -2.29. The van der Waals surface area contributed by atoms with Crippen molar-refractivity contribution in [1.29, 1.82) is 0 Å². The van der Waals surface area contributed by atoms with Crippen molar-refractivity contribution in [2.75, 3.05) is 69.1 Å². The molecule has 9 heteroatoms. The van der Waals surface area contributed by atoms with Crippen molar-refractivity contribution in [3.63, 3.8) is 0 Å². The highest BCUT2D eigenvalue weighted by Gasteiger charge is 2.24. The third kappa shape index (κ3) is 5.99. The molecule has 0 aliphatic carbocycles. The van der Waals surface area contributed by atoms with Gasteiger partial charge < -0.3 is 29.9 Å². The molecule has 2 saturated heterocycles. The van der Waals surface area contributed by atoms with Crippen molar-refractivity contribution in [1.82, 2.24) is 14.9 Å². The lowest BCUT2D eigenvalue weighted by atomic mass is 9.90. The molecule has 1 atom stereocenters. The summed E-state index contributed by atoms with van der Waals surface area (Å²) in [6, 6.07) is 6.51. The lowest BCUT2D eigenvalue weighted by molar-refractivity contribution is 0.0602. The van der Waals surface area contributed by atoms with E-state index in [9.17, 15) is 0 Å². The Bertz CT molecular complexity index is 916. The third-order valence-electron chi connectivity index (χ3n) is 6.64. The van der Waals surface area contributed by atoms with Crippen LogP contribution in [0, 0.1) is 5.92 Å². The summed E-state index contributed by atoms with van der Waals surface area (Å²) in [5.41, 5.74) is 1.98. The highest BCUT2D eigenvalue weighted by Crippen LogP contribution is 2.33. The van der Waals surface area contributed by atoms with Gasteiger partial charge in [0.15, 0.2) is 5.82 Å². The Morgan fingerprint density at radius 1 is 1.21 bits per heavy atom. The number of hydrogen-bond acceptors (Lipinski definition) is 8. The first-order valence-corrected chi connectivity index (χ1v) is 12.2. The average molecular weight is 475 g/mol. The van der Waals surface area contributed by atoms with Gasteiger partial charge in [0.2, 0.25) is 5.95 Å². The molecule has 3 heterocycles. The summed E-state index contributed by atoms with van der Waals surface area (Å²) in [6.45, 7) is 7.95. The maximum Gasteiger partial charge on any atom is 0.229 e. The number of likely N-dealkylation sites (N-methyl/N-ethyl adjacent to an activating group) is 1. The molecule has 1 aromatic heterocycles. The first-order chi connectivity index (χ1) is 16.1. The number of nitrogens with zero attached hydrogens (tertiary/aromatic N) is 4. The van der Waals surface area contributed by atoms with E-state index < -0.39 is 0 Å². The van der Waals surface area contributed by atoms with Gasteiger partial charge in [0.05, 0.1) is 19.0 Å². The van der Waals surface area contributed by atoms with Crippen LogP contribution in [-0.2, 0) is 4.74 Å². The second-order valence-corrected chi connectivity index (χ2v) is 9.21. The quantitative estimate of drug-likeness (QED) is 0.588. The summed E-state index contributed by atoms with van der Waals surface area (Å²) in [7, 11) is 3.84. The summed E-state index contributed by atoms with van der Waals surface area (Å²) in [4.78, 5) is 13.8. The number of rotatable bonds is 8. The fourth-order valence-corrected chi connectivity index (χ4v) is 4.69. The first kappa shape index (κ1) is 23.9. The fourth-order valence-electron chi connectivity index (χ4n) is 4.54. The van der Waals surface area contributed by atoms with Gasteiger partial charge in [0, 0.05) is 57.2 Å². The number of nitrogens with one attached hydrogen (secondary N) is 2. The van der Waals surface area contributed by atoms with E-state index in [0.29, 0.717) is 28.7 Å². The fraction of sp³-hybridized carbons (Fsp3) is 0.583. The van der Waals surface area contributed by atoms with Crippen molar-refractivity contribution < 1.29 is 9.47 Å². The smallest absolute Gasteiger partial charge is 0.229 e. The molecule has 0 spiro atoms. The van der Waals surface area contributed by atoms with Crippen LogP contribution in [0.1, 0.15) is 26.2 Å². The Balaban J connectivity index is 1.48. The molecule has 2 fully saturated rings. The number of hydrogen-bond donors (Lipinski definition) is 2. The molecule has 0 amide bonds. The van der Waals surface area contributed by atoms with Crippen LogP contribution < -0.4 is 20.3 Å². The molecule has 0 saturated carbocycles. The predicted molar refractivity (Wildman–Crippen MR) is 134 cm³/mol. The molecule has 4 rings (SSSR count). The van der Waals surface area contributed by atoms with E-state index in [2.05, 4.69) is 56.5 Å². The Morgan fingerprint density at radius 2 is 1.97 bits per heavy atom. The van der Waals surface area contributed by atoms with Crippen LogP contribution in [0.5, 0.6) is 5.75 Å². The minimum absolute atomic E-state index is 0.298. The Morgan fingerprint density at radius 3 is 2.67 bits per heavy atom. The van der Waals surface area contributed by atoms with Crippen LogP contribution >= 0.6 is 11.6 Å². The van der Waals surface area contributed by atoms with Crippen molar-refractivity contribution >= 4 is 34.7 Å². The Labute approximate surface area is 201 Å². The number of ether oxygens (including phenoxy) is 2. The normalized spacial score (nSPS) is 18.7. The number of halogens is 1. The molecule has 0 unspecified atom stereocenters. The Kier molecular flexibility index (Phi) is 8.11. The number of aromatic nitrogens is 2. The van der Waals surface area contributed by atoms with Gasteiger partial charge in [-0.25, -0.2) is 4.98 Å². The number of benzene rings is 1. The lowest BCUT2D eigenvalue weighted by Crippen LogP contribution is -2.44. The van der Waals surface area contributed by atoms with E-state index in [1.165, 1.54) is 0 Å². The van der Waals surface area contributed by atoms with Crippen LogP contribution in [0.15, 0.2) is 24.4 Å². The van der Waals surface area contributed by atoms with E-state index in [1.54, 1.807) is 13.3 Å². The van der Waals surface area contributed by atoms with Crippen molar-refractivity contribution in [3.8, 4) is 5.75 Å². The summed E-state index contributed by atoms with van der Waals surface area (Å²) < 4.78 is 11.2. The van der Waals surface area contributed by atoms with E-state index in [-0.39, 0.29) is 0 Å². The molecule has 180 valence electrons. The van der Waals surface area contributed by atoms with Crippen molar-refractivity contribution in [3.05, 3.63) is 29.4 Å². The molecule has 2 N–H and O–H groups in total. The van der Waals surface area contributed by atoms with E-state index >= 15 is 0 Å². The van der Waals surface area contributed by atoms with E-state index in [4.69, 9.17) is 21.1 Å². The van der Waals surface area contributed by atoms with Gasteiger partial charge in [-0.1, -0.05) is 18.5 Å². The maximum atomic E-state index is 6.44. The molecular formula is C24H35ClN6O2. The summed E-state index contributed by atoms with van der Waals surface area (Å²) >= 11 is 6.44. The first-order valence-electron chi connectivity index (χ1n) is 11.8. The van der Waals surface area contributed by atoms with Crippen LogP contribution in [0.25, 0.3) is 0 Å². The van der Waals surface area contributed by atoms with Crippen LogP contribution in [0.2, 0.25) is 5.02 Å². The highest BCUT2D eigenvalue weighted by atomic mass is 35.5. The minimum Gasteiger partial charge on any atom is -0.494 e. The molecule has 0 radical (unpaired) electrons. The molecule has 33 heavy (non-hydrogen) atoms. The van der Waals surface area contributed by atoms with Crippen molar-refractivity contribution in [2.24, 2.45) is 5.92 Å². The summed E-state index contributed by atoms with van der Waals surface area (Å²) in [5.74, 6) is 2.44. The maximum absolute atomic E-state index is 6.44. The molecule has 0 bridgehead atoms. The van der Waals surface area contributed by atoms with Gasteiger partial charge in [0.1, 0.15) is 10.8 Å². The lowest BCUT2D eigenvalue weighted by Gasteiger charge is -2.34. The van der Waals surface area contributed by atoms with Gasteiger partial charge in [-0.2, -0.15) is 4.98 Å². The highest BCUT2D eigenvalue weighted by molar-refractivity contribution is 6.32. The zero-order valence-electron chi connectivity index (χ0n) is 19.8.